The van der Waals surface area contributed by atoms with Crippen LogP contribution in [0.1, 0.15) is 32.1 Å². The minimum Gasteiger partial charge on any atom is -0.294 e. The Kier molecular flexibility index (Phi) is 4.60. The van der Waals surface area contributed by atoms with E-state index in [1.807, 2.05) is 0 Å². The minimum atomic E-state index is -4.18. The largest absolute Gasteiger partial charge is 0.401 e. The number of hydrogen-bond acceptors (Lipinski definition) is 2. The second-order valence-electron chi connectivity index (χ2n) is 4.47. The average Bonchev–Trinajstić information content (AvgIpc) is 2.39. The molecule has 1 rings (SSSR count). The van der Waals surface area contributed by atoms with Crippen LogP contribution < -0.4 is 0 Å². The van der Waals surface area contributed by atoms with Crippen molar-refractivity contribution < 1.29 is 13.2 Å². The smallest absolute Gasteiger partial charge is 0.294 e. The average molecular weight is 234 g/mol. The highest BCUT2D eigenvalue weighted by molar-refractivity contribution is 4.94. The third-order valence-electron chi connectivity index (χ3n) is 3.14. The molecule has 0 aromatic rings. The Morgan fingerprint density at radius 1 is 1.25 bits per heavy atom. The van der Waals surface area contributed by atoms with Gasteiger partial charge in [0.25, 0.3) is 0 Å². The maximum absolute atomic E-state index is 12.3. The van der Waals surface area contributed by atoms with Crippen molar-refractivity contribution in [1.82, 2.24) is 4.90 Å². The van der Waals surface area contributed by atoms with Crippen molar-refractivity contribution in [2.45, 2.75) is 44.3 Å². The summed E-state index contributed by atoms with van der Waals surface area (Å²) in [5.74, 6) is -0.255. The molecule has 0 spiro atoms. The van der Waals surface area contributed by atoms with Gasteiger partial charge < -0.3 is 0 Å². The second kappa shape index (κ2) is 5.53. The van der Waals surface area contributed by atoms with Gasteiger partial charge in [-0.15, -0.1) is 0 Å². The van der Waals surface area contributed by atoms with E-state index in [1.54, 1.807) is 0 Å². The van der Waals surface area contributed by atoms with Crippen molar-refractivity contribution in [3.05, 3.63) is 0 Å². The second-order valence-corrected chi connectivity index (χ2v) is 4.47. The van der Waals surface area contributed by atoms with Gasteiger partial charge in [-0.3, -0.25) is 4.90 Å². The van der Waals surface area contributed by atoms with Crippen LogP contribution in [0, 0.1) is 17.2 Å². The summed E-state index contributed by atoms with van der Waals surface area (Å²) in [5, 5.41) is 8.98. The van der Waals surface area contributed by atoms with Crippen LogP contribution in [0.4, 0.5) is 13.2 Å². The molecule has 0 aromatic carbocycles. The van der Waals surface area contributed by atoms with Crippen molar-refractivity contribution in [3.63, 3.8) is 0 Å². The van der Waals surface area contributed by atoms with E-state index < -0.39 is 12.7 Å². The Hall–Kier alpha value is -0.760. The van der Waals surface area contributed by atoms with Crippen LogP contribution in [0.15, 0.2) is 0 Å². The number of alkyl halides is 3. The molecule has 0 amide bonds. The number of nitrogens with zero attached hydrogens (tertiary/aromatic N) is 2. The van der Waals surface area contributed by atoms with Gasteiger partial charge in [-0.25, -0.2) is 0 Å². The molecular weight excluding hydrogens is 217 g/mol. The predicted octanol–water partition coefficient (Wildman–Crippen LogP) is 2.95. The molecule has 0 heterocycles. The molecule has 2 atom stereocenters. The first-order valence-electron chi connectivity index (χ1n) is 5.60. The van der Waals surface area contributed by atoms with Crippen LogP contribution in [0.3, 0.4) is 0 Å². The first-order chi connectivity index (χ1) is 7.44. The van der Waals surface area contributed by atoms with Gasteiger partial charge in [0.15, 0.2) is 0 Å². The van der Waals surface area contributed by atoms with Gasteiger partial charge in [0.05, 0.1) is 18.5 Å². The Morgan fingerprint density at radius 3 is 2.44 bits per heavy atom. The number of hydrogen-bond donors (Lipinski definition) is 0. The molecule has 2 nitrogen and oxygen atoms in total. The van der Waals surface area contributed by atoms with Gasteiger partial charge in [0.1, 0.15) is 0 Å². The van der Waals surface area contributed by atoms with Crippen molar-refractivity contribution in [2.24, 2.45) is 5.92 Å². The van der Waals surface area contributed by atoms with Crippen LogP contribution in [-0.4, -0.2) is 30.7 Å². The predicted molar refractivity (Wildman–Crippen MR) is 54.7 cm³/mol. The molecule has 0 aliphatic heterocycles. The number of nitriles is 1. The lowest BCUT2D eigenvalue weighted by molar-refractivity contribution is -0.149. The van der Waals surface area contributed by atoms with Crippen molar-refractivity contribution in [3.8, 4) is 6.07 Å². The quantitative estimate of drug-likeness (QED) is 0.687. The van der Waals surface area contributed by atoms with Crippen molar-refractivity contribution >= 4 is 0 Å². The Balaban J connectivity index is 2.63. The molecule has 1 fully saturated rings. The van der Waals surface area contributed by atoms with Crippen LogP contribution in [0.25, 0.3) is 0 Å². The van der Waals surface area contributed by atoms with Gasteiger partial charge in [0.2, 0.25) is 0 Å². The molecule has 1 saturated carbocycles. The highest BCUT2D eigenvalue weighted by atomic mass is 19.4. The molecular formula is C11H17F3N2. The Labute approximate surface area is 94.0 Å². The maximum Gasteiger partial charge on any atom is 0.401 e. The van der Waals surface area contributed by atoms with Crippen LogP contribution in [-0.2, 0) is 0 Å². The first kappa shape index (κ1) is 13.3. The van der Waals surface area contributed by atoms with E-state index in [1.165, 1.54) is 11.9 Å². The summed E-state index contributed by atoms with van der Waals surface area (Å²) in [6.07, 6.45) is 0.142. The van der Waals surface area contributed by atoms with E-state index in [0.717, 1.165) is 25.7 Å². The summed E-state index contributed by atoms with van der Waals surface area (Å²) in [4.78, 5) is 1.29. The number of halogens is 3. The Bertz CT molecular complexity index is 257. The summed E-state index contributed by atoms with van der Waals surface area (Å²) in [6.45, 7) is -0.921. The third kappa shape index (κ3) is 4.01. The standard InChI is InChI=1S/C11H17F3N2/c1-16(8-11(12,13)14)10-6-4-2-3-5-9(10)7-15/h9-10H,2-6,8H2,1H3. The number of rotatable bonds is 2. The zero-order valence-corrected chi connectivity index (χ0v) is 9.43. The SMILES string of the molecule is CN(CC(F)(F)F)C1CCCCCC1C#N. The molecule has 16 heavy (non-hydrogen) atoms. The lowest BCUT2D eigenvalue weighted by Gasteiger charge is -2.30. The van der Waals surface area contributed by atoms with E-state index in [2.05, 4.69) is 6.07 Å². The minimum absolute atomic E-state index is 0.242. The fraction of sp³-hybridized carbons (Fsp3) is 0.909. The van der Waals surface area contributed by atoms with Gasteiger partial charge in [-0.2, -0.15) is 18.4 Å². The molecule has 92 valence electrons. The normalized spacial score (nSPS) is 27.5. The van der Waals surface area contributed by atoms with Gasteiger partial charge in [0, 0.05) is 6.04 Å². The molecule has 2 unspecified atom stereocenters. The lowest BCUT2D eigenvalue weighted by atomic mass is 9.95. The summed E-state index contributed by atoms with van der Waals surface area (Å²) in [5.41, 5.74) is 0. The zero-order chi connectivity index (χ0) is 12.2. The maximum atomic E-state index is 12.3. The molecule has 0 N–H and O–H groups in total. The first-order valence-corrected chi connectivity index (χ1v) is 5.60. The third-order valence-corrected chi connectivity index (χ3v) is 3.14. The molecule has 0 saturated heterocycles. The highest BCUT2D eigenvalue weighted by Crippen LogP contribution is 2.28. The zero-order valence-electron chi connectivity index (χ0n) is 9.43. The molecule has 5 heteroatoms. The van der Waals surface area contributed by atoms with Crippen LogP contribution >= 0.6 is 0 Å². The van der Waals surface area contributed by atoms with Gasteiger partial charge in [-0.05, 0) is 19.9 Å². The fourth-order valence-corrected chi connectivity index (χ4v) is 2.37. The van der Waals surface area contributed by atoms with Crippen LogP contribution in [0.2, 0.25) is 0 Å². The van der Waals surface area contributed by atoms with Crippen molar-refractivity contribution in [1.29, 1.82) is 5.26 Å². The van der Waals surface area contributed by atoms with E-state index in [4.69, 9.17) is 5.26 Å². The molecule has 0 aromatic heterocycles. The van der Waals surface area contributed by atoms with Gasteiger partial charge >= 0.3 is 6.18 Å². The summed E-state index contributed by atoms with van der Waals surface area (Å²) >= 11 is 0. The van der Waals surface area contributed by atoms with E-state index in [0.29, 0.717) is 6.42 Å². The molecule has 0 bridgehead atoms. The Morgan fingerprint density at radius 2 is 1.88 bits per heavy atom. The molecule has 1 aliphatic carbocycles. The summed E-state index contributed by atoms with van der Waals surface area (Å²) < 4.78 is 36.8. The van der Waals surface area contributed by atoms with E-state index in [-0.39, 0.29) is 12.0 Å². The highest BCUT2D eigenvalue weighted by Gasteiger charge is 2.35. The monoisotopic (exact) mass is 234 g/mol. The molecule has 0 radical (unpaired) electrons. The summed E-state index contributed by atoms with van der Waals surface area (Å²) in [6, 6.07) is 1.91. The molecule has 1 aliphatic rings. The van der Waals surface area contributed by atoms with Crippen LogP contribution in [0.5, 0.6) is 0 Å². The fourth-order valence-electron chi connectivity index (χ4n) is 2.37. The summed E-state index contributed by atoms with van der Waals surface area (Å²) in [7, 11) is 1.47. The lowest BCUT2D eigenvalue weighted by Crippen LogP contribution is -2.42. The van der Waals surface area contributed by atoms with E-state index >= 15 is 0 Å². The van der Waals surface area contributed by atoms with Gasteiger partial charge in [-0.1, -0.05) is 19.3 Å². The topological polar surface area (TPSA) is 27.0 Å². The van der Waals surface area contributed by atoms with E-state index in [9.17, 15) is 13.2 Å². The van der Waals surface area contributed by atoms with Crippen molar-refractivity contribution in [2.75, 3.05) is 13.6 Å².